The Morgan fingerprint density at radius 3 is 2.35 bits per heavy atom. The van der Waals surface area contributed by atoms with Crippen molar-refractivity contribution in [1.29, 1.82) is 0 Å². The molecule has 0 aliphatic rings. The van der Waals surface area contributed by atoms with Crippen molar-refractivity contribution >= 4 is 17.9 Å². The summed E-state index contributed by atoms with van der Waals surface area (Å²) >= 11 is 0. The summed E-state index contributed by atoms with van der Waals surface area (Å²) in [5.74, 6) is -1.18. The summed E-state index contributed by atoms with van der Waals surface area (Å²) < 4.78 is 6.66. The Morgan fingerprint density at radius 1 is 1.22 bits per heavy atom. The summed E-state index contributed by atoms with van der Waals surface area (Å²) in [5, 5.41) is 11.7. The number of hydrogen-bond acceptors (Lipinski definition) is 4. The highest BCUT2D eigenvalue weighted by molar-refractivity contribution is 5.96. The number of carboxylic acid groups (broad SMARTS) is 1. The number of aryl methyl sites for hydroxylation is 1. The van der Waals surface area contributed by atoms with Crippen molar-refractivity contribution in [3.8, 4) is 5.69 Å². The van der Waals surface area contributed by atoms with E-state index in [0.29, 0.717) is 5.69 Å². The Bertz CT molecular complexity index is 727. The summed E-state index contributed by atoms with van der Waals surface area (Å²) in [6.07, 6.45) is 0.606. The monoisotopic (exact) mass is 317 g/mol. The van der Waals surface area contributed by atoms with Crippen LogP contribution in [0.4, 0.5) is 10.6 Å². The molecule has 0 aliphatic heterocycles. The van der Waals surface area contributed by atoms with Crippen LogP contribution < -0.4 is 5.32 Å². The molecule has 7 heteroatoms. The predicted molar refractivity (Wildman–Crippen MR) is 85.1 cm³/mol. The normalized spacial score (nSPS) is 11.1. The smallest absolute Gasteiger partial charge is 0.413 e. The topological polar surface area (TPSA) is 93.5 Å². The van der Waals surface area contributed by atoms with Gasteiger partial charge in [0.2, 0.25) is 0 Å². The van der Waals surface area contributed by atoms with E-state index in [1.807, 2.05) is 31.2 Å². The third-order valence-electron chi connectivity index (χ3n) is 2.90. The van der Waals surface area contributed by atoms with E-state index in [-0.39, 0.29) is 11.5 Å². The highest BCUT2D eigenvalue weighted by Gasteiger charge is 2.23. The minimum Gasteiger partial charge on any atom is -0.476 e. The number of aromatic nitrogens is 2. The van der Waals surface area contributed by atoms with E-state index in [0.717, 1.165) is 5.56 Å². The second-order valence-electron chi connectivity index (χ2n) is 6.08. The van der Waals surface area contributed by atoms with Crippen molar-refractivity contribution in [2.75, 3.05) is 5.32 Å². The van der Waals surface area contributed by atoms with Crippen LogP contribution in [0.5, 0.6) is 0 Å². The van der Waals surface area contributed by atoms with Crippen molar-refractivity contribution in [2.45, 2.75) is 33.3 Å². The molecule has 0 atom stereocenters. The number of carboxylic acids is 1. The van der Waals surface area contributed by atoms with Gasteiger partial charge in [-0.3, -0.25) is 9.88 Å². The molecule has 0 bridgehead atoms. The van der Waals surface area contributed by atoms with Gasteiger partial charge in [0.1, 0.15) is 11.9 Å². The average molecular weight is 317 g/mol. The lowest BCUT2D eigenvalue weighted by Crippen LogP contribution is -2.28. The van der Waals surface area contributed by atoms with Gasteiger partial charge < -0.3 is 9.84 Å². The lowest BCUT2D eigenvalue weighted by Gasteiger charge is -2.20. The van der Waals surface area contributed by atoms with Gasteiger partial charge in [0, 0.05) is 5.69 Å². The van der Waals surface area contributed by atoms with E-state index in [1.54, 1.807) is 20.8 Å². The van der Waals surface area contributed by atoms with Crippen LogP contribution in [-0.2, 0) is 4.74 Å². The fourth-order valence-corrected chi connectivity index (χ4v) is 1.93. The fourth-order valence-electron chi connectivity index (χ4n) is 1.93. The molecule has 1 aromatic carbocycles. The zero-order valence-electron chi connectivity index (χ0n) is 13.5. The summed E-state index contributed by atoms with van der Waals surface area (Å²) in [4.78, 5) is 27.1. The lowest BCUT2D eigenvalue weighted by atomic mass is 10.2. The van der Waals surface area contributed by atoms with Gasteiger partial charge >= 0.3 is 12.1 Å². The van der Waals surface area contributed by atoms with Crippen LogP contribution in [0, 0.1) is 6.92 Å². The van der Waals surface area contributed by atoms with Crippen molar-refractivity contribution in [2.24, 2.45) is 0 Å². The molecule has 1 amide bonds. The van der Waals surface area contributed by atoms with Crippen LogP contribution in [0.15, 0.2) is 30.6 Å². The maximum absolute atomic E-state index is 12.0. The summed E-state index contributed by atoms with van der Waals surface area (Å²) in [7, 11) is 0. The van der Waals surface area contributed by atoms with Gasteiger partial charge in [0.05, 0.1) is 0 Å². The number of carbonyl (C=O) groups is 2. The molecule has 0 spiro atoms. The molecule has 7 nitrogen and oxygen atoms in total. The van der Waals surface area contributed by atoms with E-state index in [9.17, 15) is 14.7 Å². The standard InChI is InChI=1S/C16H19N3O4/c1-10-5-7-11(8-6-10)19-9-17-12(14(20)21)13(19)18-15(22)23-16(2,3)4/h5-9H,1-4H3,(H,18,22)(H,20,21). The minimum absolute atomic E-state index is 0.0515. The maximum Gasteiger partial charge on any atom is 0.413 e. The number of imidazole rings is 1. The van der Waals surface area contributed by atoms with Crippen LogP contribution in [0.2, 0.25) is 0 Å². The molecule has 2 rings (SSSR count). The number of ether oxygens (including phenoxy) is 1. The first-order valence-corrected chi connectivity index (χ1v) is 7.05. The SMILES string of the molecule is Cc1ccc(-n2cnc(C(=O)O)c2NC(=O)OC(C)(C)C)cc1. The van der Waals surface area contributed by atoms with E-state index >= 15 is 0 Å². The van der Waals surface area contributed by atoms with Crippen LogP contribution >= 0.6 is 0 Å². The molecule has 0 unspecified atom stereocenters. The van der Waals surface area contributed by atoms with Crippen LogP contribution in [0.25, 0.3) is 5.69 Å². The number of carbonyl (C=O) groups excluding carboxylic acids is 1. The molecular weight excluding hydrogens is 298 g/mol. The fraction of sp³-hybridized carbons (Fsp3) is 0.312. The number of hydrogen-bond donors (Lipinski definition) is 2. The number of aromatic carboxylic acids is 1. The van der Waals surface area contributed by atoms with Gasteiger partial charge in [-0.05, 0) is 39.8 Å². The van der Waals surface area contributed by atoms with Gasteiger partial charge in [0.15, 0.2) is 11.5 Å². The first-order chi connectivity index (χ1) is 10.7. The quantitative estimate of drug-likeness (QED) is 0.906. The highest BCUT2D eigenvalue weighted by Crippen LogP contribution is 2.21. The van der Waals surface area contributed by atoms with E-state index in [1.165, 1.54) is 10.9 Å². The van der Waals surface area contributed by atoms with Crippen molar-refractivity contribution in [3.63, 3.8) is 0 Å². The van der Waals surface area contributed by atoms with Crippen molar-refractivity contribution in [1.82, 2.24) is 9.55 Å². The number of nitrogens with one attached hydrogen (secondary N) is 1. The van der Waals surface area contributed by atoms with Gasteiger partial charge in [-0.2, -0.15) is 0 Å². The number of nitrogens with zero attached hydrogens (tertiary/aromatic N) is 2. The summed E-state index contributed by atoms with van der Waals surface area (Å²) in [6, 6.07) is 7.38. The van der Waals surface area contributed by atoms with Gasteiger partial charge in [-0.25, -0.2) is 14.6 Å². The molecule has 2 N–H and O–H groups in total. The first kappa shape index (κ1) is 16.5. The molecule has 23 heavy (non-hydrogen) atoms. The lowest BCUT2D eigenvalue weighted by molar-refractivity contribution is 0.0635. The highest BCUT2D eigenvalue weighted by atomic mass is 16.6. The Hall–Kier alpha value is -2.83. The first-order valence-electron chi connectivity index (χ1n) is 7.05. The number of benzene rings is 1. The molecule has 0 saturated heterocycles. The molecule has 0 radical (unpaired) electrons. The molecule has 1 aromatic heterocycles. The van der Waals surface area contributed by atoms with E-state index < -0.39 is 17.7 Å². The molecule has 0 aliphatic carbocycles. The molecule has 0 fully saturated rings. The summed E-state index contributed by atoms with van der Waals surface area (Å²) in [6.45, 7) is 7.12. The van der Waals surface area contributed by atoms with E-state index in [4.69, 9.17) is 4.74 Å². The molecular formula is C16H19N3O4. The predicted octanol–water partition coefficient (Wildman–Crippen LogP) is 3.23. The van der Waals surface area contributed by atoms with Crippen molar-refractivity contribution < 1.29 is 19.4 Å². The minimum atomic E-state index is -1.23. The number of amides is 1. The number of anilines is 1. The van der Waals surface area contributed by atoms with E-state index in [2.05, 4.69) is 10.3 Å². The molecule has 122 valence electrons. The third kappa shape index (κ3) is 4.09. The third-order valence-corrected chi connectivity index (χ3v) is 2.90. The largest absolute Gasteiger partial charge is 0.476 e. The van der Waals surface area contributed by atoms with Crippen LogP contribution in [-0.4, -0.2) is 32.3 Å². The van der Waals surface area contributed by atoms with Crippen LogP contribution in [0.3, 0.4) is 0 Å². The second-order valence-corrected chi connectivity index (χ2v) is 6.08. The second kappa shape index (κ2) is 6.12. The Morgan fingerprint density at radius 2 is 1.83 bits per heavy atom. The zero-order valence-corrected chi connectivity index (χ0v) is 13.5. The van der Waals surface area contributed by atoms with Gasteiger partial charge in [-0.1, -0.05) is 17.7 Å². The molecule has 0 saturated carbocycles. The Balaban J connectivity index is 2.39. The van der Waals surface area contributed by atoms with Gasteiger partial charge in [-0.15, -0.1) is 0 Å². The van der Waals surface area contributed by atoms with Gasteiger partial charge in [0.25, 0.3) is 0 Å². The Kier molecular flexibility index (Phi) is 4.40. The average Bonchev–Trinajstić information content (AvgIpc) is 2.81. The zero-order chi connectivity index (χ0) is 17.2. The maximum atomic E-state index is 12.0. The molecule has 1 heterocycles. The Labute approximate surface area is 133 Å². The number of rotatable bonds is 3. The van der Waals surface area contributed by atoms with Crippen molar-refractivity contribution in [3.05, 3.63) is 41.9 Å². The molecule has 2 aromatic rings. The van der Waals surface area contributed by atoms with Crippen LogP contribution in [0.1, 0.15) is 36.8 Å². The summed E-state index contributed by atoms with van der Waals surface area (Å²) in [5.41, 5.74) is 0.800.